The van der Waals surface area contributed by atoms with Crippen molar-refractivity contribution in [3.05, 3.63) is 40.6 Å². The number of carbonyl (C=O) groups is 1. The maximum absolute atomic E-state index is 12.4. The molecule has 2 heterocycles. The second-order valence-corrected chi connectivity index (χ2v) is 5.39. The van der Waals surface area contributed by atoms with Gasteiger partial charge < -0.3 is 0 Å². The molecule has 0 unspecified atom stereocenters. The molecule has 96 valence electrons. The summed E-state index contributed by atoms with van der Waals surface area (Å²) < 4.78 is 1.45. The van der Waals surface area contributed by atoms with E-state index in [0.29, 0.717) is 0 Å². The van der Waals surface area contributed by atoms with Gasteiger partial charge in [-0.25, -0.2) is 9.67 Å². The van der Waals surface area contributed by atoms with Crippen LogP contribution >= 0.6 is 11.3 Å². The Morgan fingerprint density at radius 1 is 1.58 bits per heavy atom. The van der Waals surface area contributed by atoms with E-state index >= 15 is 0 Å². The smallest absolute Gasteiger partial charge is 0.200 e. The first-order valence-electron chi connectivity index (χ1n) is 5.61. The van der Waals surface area contributed by atoms with Crippen LogP contribution in [0.15, 0.2) is 35.7 Å². The van der Waals surface area contributed by atoms with Gasteiger partial charge in [-0.15, -0.1) is 11.3 Å². The van der Waals surface area contributed by atoms with Crippen molar-refractivity contribution in [1.29, 1.82) is 5.26 Å². The first kappa shape index (κ1) is 13.2. The summed E-state index contributed by atoms with van der Waals surface area (Å²) in [5.41, 5.74) is -0.821. The van der Waals surface area contributed by atoms with E-state index in [1.54, 1.807) is 19.9 Å². The van der Waals surface area contributed by atoms with E-state index in [1.165, 1.54) is 28.7 Å². The van der Waals surface area contributed by atoms with Crippen LogP contribution in [0.4, 0.5) is 0 Å². The molecule has 19 heavy (non-hydrogen) atoms. The van der Waals surface area contributed by atoms with Gasteiger partial charge in [0.1, 0.15) is 24.3 Å². The quantitative estimate of drug-likeness (QED) is 0.632. The Labute approximate surface area is 114 Å². The lowest BCUT2D eigenvalue weighted by atomic mass is 9.93. The number of Topliss-reactive ketones (excluding diaryl/α,β-unsaturated/α-hetero) is 1. The molecule has 0 aliphatic rings. The van der Waals surface area contributed by atoms with Crippen molar-refractivity contribution in [1.82, 2.24) is 14.8 Å². The molecule has 0 radical (unpaired) electrons. The Morgan fingerprint density at radius 2 is 2.37 bits per heavy atom. The lowest BCUT2D eigenvalue weighted by Gasteiger charge is -2.22. The fourth-order valence-corrected chi connectivity index (χ4v) is 2.25. The van der Waals surface area contributed by atoms with Crippen LogP contribution in [0.5, 0.6) is 0 Å². The standard InChI is InChI=1S/C13H12N4OS/c1-13(2,17-9-15-8-16-17)12(18)10(7-14)6-11-4-3-5-19-11/h3-6,8-9H,1-2H3. The van der Waals surface area contributed by atoms with Crippen molar-refractivity contribution in [2.75, 3.05) is 0 Å². The highest BCUT2D eigenvalue weighted by atomic mass is 32.1. The van der Waals surface area contributed by atoms with Crippen molar-refractivity contribution < 1.29 is 4.79 Å². The minimum atomic E-state index is -0.935. The summed E-state index contributed by atoms with van der Waals surface area (Å²) in [5.74, 6) is -0.283. The molecule has 0 saturated heterocycles. The summed E-state index contributed by atoms with van der Waals surface area (Å²) in [7, 11) is 0. The Hall–Kier alpha value is -2.26. The SMILES string of the molecule is CC(C)(C(=O)C(C#N)=Cc1cccs1)n1cncn1. The first-order valence-corrected chi connectivity index (χ1v) is 6.49. The van der Waals surface area contributed by atoms with Gasteiger partial charge in [-0.1, -0.05) is 6.07 Å². The van der Waals surface area contributed by atoms with E-state index in [-0.39, 0.29) is 11.4 Å². The molecular formula is C13H12N4OS. The number of aromatic nitrogens is 3. The summed E-state index contributed by atoms with van der Waals surface area (Å²) in [6.07, 6.45) is 4.44. The summed E-state index contributed by atoms with van der Waals surface area (Å²) in [6, 6.07) is 5.70. The van der Waals surface area contributed by atoms with Gasteiger partial charge in [-0.3, -0.25) is 4.79 Å². The molecule has 2 rings (SSSR count). The van der Waals surface area contributed by atoms with Crippen LogP contribution in [0.3, 0.4) is 0 Å². The highest BCUT2D eigenvalue weighted by Gasteiger charge is 2.33. The zero-order valence-electron chi connectivity index (χ0n) is 10.6. The summed E-state index contributed by atoms with van der Waals surface area (Å²) in [4.78, 5) is 17.2. The third-order valence-corrected chi connectivity index (χ3v) is 3.56. The van der Waals surface area contributed by atoms with Gasteiger partial charge in [0.2, 0.25) is 0 Å². The van der Waals surface area contributed by atoms with Gasteiger partial charge in [-0.2, -0.15) is 10.4 Å². The molecule has 2 aromatic heterocycles. The molecule has 0 spiro atoms. The van der Waals surface area contributed by atoms with Crippen molar-refractivity contribution in [3.8, 4) is 6.07 Å². The van der Waals surface area contributed by atoms with E-state index in [2.05, 4.69) is 10.1 Å². The minimum absolute atomic E-state index is 0.114. The Kier molecular flexibility index (Phi) is 3.58. The zero-order valence-corrected chi connectivity index (χ0v) is 11.4. The van der Waals surface area contributed by atoms with Crippen LogP contribution in [0, 0.1) is 11.3 Å². The van der Waals surface area contributed by atoms with E-state index in [9.17, 15) is 10.1 Å². The molecule has 2 aromatic rings. The number of allylic oxidation sites excluding steroid dienone is 1. The van der Waals surface area contributed by atoms with Crippen LogP contribution in [-0.2, 0) is 10.3 Å². The zero-order chi connectivity index (χ0) is 13.9. The van der Waals surface area contributed by atoms with Crippen molar-refractivity contribution in [2.24, 2.45) is 0 Å². The fraction of sp³-hybridized carbons (Fsp3) is 0.231. The molecule has 0 atom stereocenters. The van der Waals surface area contributed by atoms with E-state index in [1.807, 2.05) is 23.6 Å². The minimum Gasteiger partial charge on any atom is -0.291 e. The molecule has 0 fully saturated rings. The van der Waals surface area contributed by atoms with Crippen molar-refractivity contribution >= 4 is 23.2 Å². The number of thiophene rings is 1. The lowest BCUT2D eigenvalue weighted by Crippen LogP contribution is -2.37. The largest absolute Gasteiger partial charge is 0.291 e. The lowest BCUT2D eigenvalue weighted by molar-refractivity contribution is -0.122. The van der Waals surface area contributed by atoms with E-state index in [4.69, 9.17) is 0 Å². The predicted molar refractivity (Wildman–Crippen MR) is 72.3 cm³/mol. The summed E-state index contributed by atoms with van der Waals surface area (Å²) >= 11 is 1.48. The number of nitrogens with zero attached hydrogens (tertiary/aromatic N) is 4. The second-order valence-electron chi connectivity index (χ2n) is 4.41. The molecule has 0 N–H and O–H groups in total. The number of carbonyl (C=O) groups excluding carboxylic acids is 1. The van der Waals surface area contributed by atoms with Gasteiger partial charge in [0.25, 0.3) is 0 Å². The molecular weight excluding hydrogens is 260 g/mol. The van der Waals surface area contributed by atoms with Crippen LogP contribution in [0.25, 0.3) is 6.08 Å². The van der Waals surface area contributed by atoms with Gasteiger partial charge >= 0.3 is 0 Å². The van der Waals surface area contributed by atoms with Crippen LogP contribution in [-0.4, -0.2) is 20.5 Å². The van der Waals surface area contributed by atoms with Gasteiger partial charge in [-0.05, 0) is 31.4 Å². The third-order valence-electron chi connectivity index (χ3n) is 2.74. The second kappa shape index (κ2) is 5.16. The number of ketones is 1. The highest BCUT2D eigenvalue weighted by Crippen LogP contribution is 2.22. The van der Waals surface area contributed by atoms with Crippen molar-refractivity contribution in [3.63, 3.8) is 0 Å². The Morgan fingerprint density at radius 3 is 2.89 bits per heavy atom. The number of hydrogen-bond acceptors (Lipinski definition) is 5. The molecule has 0 aliphatic carbocycles. The maximum Gasteiger partial charge on any atom is 0.200 e. The molecule has 0 saturated carbocycles. The fourth-order valence-electron chi connectivity index (χ4n) is 1.59. The van der Waals surface area contributed by atoms with Crippen LogP contribution in [0.1, 0.15) is 18.7 Å². The van der Waals surface area contributed by atoms with Crippen LogP contribution < -0.4 is 0 Å². The average Bonchev–Trinajstić information content (AvgIpc) is 3.07. The number of hydrogen-bond donors (Lipinski definition) is 0. The topological polar surface area (TPSA) is 71.6 Å². The molecule has 5 nitrogen and oxygen atoms in total. The highest BCUT2D eigenvalue weighted by molar-refractivity contribution is 7.10. The van der Waals surface area contributed by atoms with Gasteiger partial charge in [0.05, 0.1) is 5.57 Å². The number of rotatable bonds is 4. The predicted octanol–water partition coefficient (Wildman–Crippen LogP) is 2.25. The summed E-state index contributed by atoms with van der Waals surface area (Å²) in [6.45, 7) is 3.42. The monoisotopic (exact) mass is 272 g/mol. The van der Waals surface area contributed by atoms with E-state index < -0.39 is 5.54 Å². The van der Waals surface area contributed by atoms with Crippen LogP contribution in [0.2, 0.25) is 0 Å². The average molecular weight is 272 g/mol. The first-order chi connectivity index (χ1) is 9.05. The number of nitriles is 1. The Bertz CT molecular complexity index is 633. The molecule has 0 aliphatic heterocycles. The van der Waals surface area contributed by atoms with Crippen molar-refractivity contribution in [2.45, 2.75) is 19.4 Å². The van der Waals surface area contributed by atoms with Gasteiger partial charge in [0, 0.05) is 4.88 Å². The molecule has 0 aromatic carbocycles. The molecule has 0 bridgehead atoms. The summed E-state index contributed by atoms with van der Waals surface area (Å²) in [5, 5.41) is 15.0. The maximum atomic E-state index is 12.4. The normalized spacial score (nSPS) is 12.2. The Balaban J connectivity index is 2.35. The third kappa shape index (κ3) is 2.61. The molecule has 0 amide bonds. The molecule has 6 heteroatoms. The van der Waals surface area contributed by atoms with E-state index in [0.717, 1.165) is 4.88 Å². The van der Waals surface area contributed by atoms with Gasteiger partial charge in [0.15, 0.2) is 5.78 Å².